The first-order valence-electron chi connectivity index (χ1n) is 8.02. The van der Waals surface area contributed by atoms with Gasteiger partial charge in [0.1, 0.15) is 5.78 Å². The van der Waals surface area contributed by atoms with E-state index in [1.165, 1.54) is 24.8 Å². The van der Waals surface area contributed by atoms with Crippen molar-refractivity contribution in [1.82, 2.24) is 0 Å². The van der Waals surface area contributed by atoms with E-state index in [1.54, 1.807) is 0 Å². The Kier molecular flexibility index (Phi) is 2.37. The monoisotopic (exact) mass is 268 g/mol. The van der Waals surface area contributed by atoms with Crippen LogP contribution < -0.4 is 0 Å². The van der Waals surface area contributed by atoms with Crippen molar-refractivity contribution in [2.24, 2.45) is 16.7 Å². The lowest BCUT2D eigenvalue weighted by Crippen LogP contribution is -2.59. The highest BCUT2D eigenvalue weighted by Gasteiger charge is 2.63. The predicted octanol–water partition coefficient (Wildman–Crippen LogP) is 4.50. The van der Waals surface area contributed by atoms with Crippen LogP contribution in [0.2, 0.25) is 0 Å². The van der Waals surface area contributed by atoms with Gasteiger partial charge in [-0.1, -0.05) is 37.3 Å². The average molecular weight is 268 g/mol. The molecule has 4 saturated carbocycles. The Hall–Kier alpha value is -1.11. The molecule has 0 radical (unpaired) electrons. The first kappa shape index (κ1) is 12.6. The van der Waals surface area contributed by atoms with E-state index in [1.807, 2.05) is 6.92 Å². The summed E-state index contributed by atoms with van der Waals surface area (Å²) in [6.45, 7) is 4.28. The number of carbonyl (C=O) groups excluding carboxylic acids is 1. The number of ketones is 1. The molecule has 1 nitrogen and oxygen atoms in total. The molecule has 4 bridgehead atoms. The van der Waals surface area contributed by atoms with Gasteiger partial charge in [-0.15, -0.1) is 0 Å². The van der Waals surface area contributed by atoms with Gasteiger partial charge in [0.25, 0.3) is 0 Å². The standard InChI is InChI=1S/C19H24O/c1-14(20)18-9-15-8-17(2,11-18)12-19(10-15,13-18)16-6-4-3-5-7-16/h3-7,15H,8-13H2,1-2H3. The van der Waals surface area contributed by atoms with Gasteiger partial charge in [0.05, 0.1) is 0 Å². The summed E-state index contributed by atoms with van der Waals surface area (Å²) in [7, 11) is 0. The quantitative estimate of drug-likeness (QED) is 0.771. The lowest BCUT2D eigenvalue weighted by Gasteiger charge is -2.65. The molecule has 4 atom stereocenters. The number of hydrogen-bond acceptors (Lipinski definition) is 1. The number of carbonyl (C=O) groups is 1. The third kappa shape index (κ3) is 1.58. The topological polar surface area (TPSA) is 17.1 Å². The average Bonchev–Trinajstić information content (AvgIpc) is 2.37. The van der Waals surface area contributed by atoms with Crippen LogP contribution in [-0.4, -0.2) is 5.78 Å². The molecule has 20 heavy (non-hydrogen) atoms. The van der Waals surface area contributed by atoms with E-state index < -0.39 is 0 Å². The smallest absolute Gasteiger partial charge is 0.136 e. The highest BCUT2D eigenvalue weighted by Crippen LogP contribution is 2.70. The Morgan fingerprint density at radius 2 is 1.80 bits per heavy atom. The normalized spacial score (nSPS) is 45.6. The van der Waals surface area contributed by atoms with Crippen LogP contribution in [0.3, 0.4) is 0 Å². The van der Waals surface area contributed by atoms with Crippen molar-refractivity contribution in [3.63, 3.8) is 0 Å². The van der Waals surface area contributed by atoms with Crippen molar-refractivity contribution >= 4 is 5.78 Å². The van der Waals surface area contributed by atoms with Gasteiger partial charge in [0.2, 0.25) is 0 Å². The first-order chi connectivity index (χ1) is 9.46. The van der Waals surface area contributed by atoms with Crippen molar-refractivity contribution in [3.8, 4) is 0 Å². The summed E-state index contributed by atoms with van der Waals surface area (Å²) >= 11 is 0. The molecule has 1 aromatic rings. The van der Waals surface area contributed by atoms with Gasteiger partial charge < -0.3 is 0 Å². The zero-order valence-corrected chi connectivity index (χ0v) is 12.6. The summed E-state index contributed by atoms with van der Waals surface area (Å²) in [5, 5.41) is 0. The van der Waals surface area contributed by atoms with E-state index in [-0.39, 0.29) is 10.8 Å². The molecule has 0 spiro atoms. The van der Waals surface area contributed by atoms with Gasteiger partial charge in [-0.05, 0) is 67.8 Å². The van der Waals surface area contributed by atoms with E-state index in [4.69, 9.17) is 0 Å². The van der Waals surface area contributed by atoms with Gasteiger partial charge in [0, 0.05) is 5.41 Å². The van der Waals surface area contributed by atoms with Crippen LogP contribution >= 0.6 is 0 Å². The molecular formula is C19H24O. The van der Waals surface area contributed by atoms with Crippen LogP contribution in [0.1, 0.15) is 57.9 Å². The zero-order chi connectivity index (χ0) is 14.0. The van der Waals surface area contributed by atoms with Crippen molar-refractivity contribution in [3.05, 3.63) is 35.9 Å². The molecule has 106 valence electrons. The Morgan fingerprint density at radius 1 is 1.05 bits per heavy atom. The van der Waals surface area contributed by atoms with Crippen molar-refractivity contribution in [1.29, 1.82) is 0 Å². The zero-order valence-electron chi connectivity index (χ0n) is 12.6. The van der Waals surface area contributed by atoms with Crippen LogP contribution in [0.4, 0.5) is 0 Å². The summed E-state index contributed by atoms with van der Waals surface area (Å²) in [4.78, 5) is 12.4. The second-order valence-corrected chi connectivity index (χ2v) is 8.30. The minimum Gasteiger partial charge on any atom is -0.299 e. The van der Waals surface area contributed by atoms with Gasteiger partial charge in [-0.3, -0.25) is 4.79 Å². The molecule has 5 rings (SSSR count). The summed E-state index contributed by atoms with van der Waals surface area (Å²) in [6.07, 6.45) is 7.34. The highest BCUT2D eigenvalue weighted by molar-refractivity contribution is 5.83. The SMILES string of the molecule is CC(=O)C12CC3CC(C)(C1)CC(c1ccccc1)(C3)C2. The molecular weight excluding hydrogens is 244 g/mol. The molecule has 0 aromatic heterocycles. The number of rotatable bonds is 2. The van der Waals surface area contributed by atoms with Gasteiger partial charge >= 0.3 is 0 Å². The minimum atomic E-state index is -0.00991. The van der Waals surface area contributed by atoms with Crippen LogP contribution in [-0.2, 0) is 10.2 Å². The Labute approximate surface area is 121 Å². The molecule has 4 fully saturated rings. The van der Waals surface area contributed by atoms with Crippen LogP contribution in [0.5, 0.6) is 0 Å². The molecule has 0 amide bonds. The molecule has 0 aliphatic heterocycles. The molecule has 4 aliphatic carbocycles. The Balaban J connectivity index is 1.85. The maximum atomic E-state index is 12.4. The fraction of sp³-hybridized carbons (Fsp3) is 0.632. The Morgan fingerprint density at radius 3 is 2.45 bits per heavy atom. The predicted molar refractivity (Wildman–Crippen MR) is 80.5 cm³/mol. The van der Waals surface area contributed by atoms with Crippen LogP contribution in [0, 0.1) is 16.7 Å². The van der Waals surface area contributed by atoms with E-state index in [2.05, 4.69) is 37.3 Å². The van der Waals surface area contributed by atoms with E-state index >= 15 is 0 Å². The van der Waals surface area contributed by atoms with E-state index in [9.17, 15) is 4.79 Å². The van der Waals surface area contributed by atoms with Crippen LogP contribution in [0.25, 0.3) is 0 Å². The number of Topliss-reactive ketones (excluding diaryl/α,β-unsaturated/α-hetero) is 1. The molecule has 4 unspecified atom stereocenters. The first-order valence-corrected chi connectivity index (χ1v) is 8.02. The second kappa shape index (κ2) is 3.75. The summed E-state index contributed by atoms with van der Waals surface area (Å²) < 4.78 is 0. The van der Waals surface area contributed by atoms with Gasteiger partial charge in [-0.25, -0.2) is 0 Å². The summed E-state index contributed by atoms with van der Waals surface area (Å²) in [5.41, 5.74) is 2.15. The Bertz CT molecular complexity index is 562. The summed E-state index contributed by atoms with van der Waals surface area (Å²) in [5.74, 6) is 1.22. The van der Waals surface area contributed by atoms with Crippen molar-refractivity contribution < 1.29 is 4.79 Å². The fourth-order valence-corrected chi connectivity index (χ4v) is 6.43. The van der Waals surface area contributed by atoms with Gasteiger partial charge in [-0.2, -0.15) is 0 Å². The third-order valence-electron chi connectivity index (χ3n) is 6.48. The highest BCUT2D eigenvalue weighted by atomic mass is 16.1. The molecule has 1 aromatic carbocycles. The molecule has 1 heteroatoms. The third-order valence-corrected chi connectivity index (χ3v) is 6.48. The van der Waals surface area contributed by atoms with Gasteiger partial charge in [0.15, 0.2) is 0 Å². The number of hydrogen-bond donors (Lipinski definition) is 0. The molecule has 0 saturated heterocycles. The van der Waals surface area contributed by atoms with E-state index in [0.29, 0.717) is 11.2 Å². The van der Waals surface area contributed by atoms with E-state index in [0.717, 1.165) is 25.2 Å². The molecule has 0 N–H and O–H groups in total. The van der Waals surface area contributed by atoms with Crippen molar-refractivity contribution in [2.75, 3.05) is 0 Å². The molecule has 0 heterocycles. The largest absolute Gasteiger partial charge is 0.299 e. The maximum Gasteiger partial charge on any atom is 0.136 e. The minimum absolute atomic E-state index is 0.00991. The summed E-state index contributed by atoms with van der Waals surface area (Å²) in [6, 6.07) is 11.0. The second-order valence-electron chi connectivity index (χ2n) is 8.30. The fourth-order valence-electron chi connectivity index (χ4n) is 6.43. The van der Waals surface area contributed by atoms with Crippen LogP contribution in [0.15, 0.2) is 30.3 Å². The lowest BCUT2D eigenvalue weighted by molar-refractivity contribution is -0.155. The van der Waals surface area contributed by atoms with Crippen molar-refractivity contribution in [2.45, 2.75) is 57.8 Å². The lowest BCUT2D eigenvalue weighted by atomic mass is 9.38. The number of benzene rings is 1. The maximum absolute atomic E-state index is 12.4. The molecule has 4 aliphatic rings.